The van der Waals surface area contributed by atoms with Crippen molar-refractivity contribution in [2.45, 2.75) is 62.6 Å². The molecule has 3 aliphatic rings. The van der Waals surface area contributed by atoms with Gasteiger partial charge in [0.2, 0.25) is 17.8 Å². The van der Waals surface area contributed by atoms with Gasteiger partial charge in [-0.05, 0) is 74.9 Å². The van der Waals surface area contributed by atoms with Crippen LogP contribution in [0.2, 0.25) is 10.0 Å². The van der Waals surface area contributed by atoms with Crippen molar-refractivity contribution in [3.63, 3.8) is 0 Å². The molecule has 4 N–H and O–H groups in total. The number of anilines is 2. The fourth-order valence-electron chi connectivity index (χ4n) is 6.23. The first-order chi connectivity index (χ1) is 20.9. The lowest BCUT2D eigenvalue weighted by Crippen LogP contribution is -2.52. The average molecular weight is 635 g/mol. The Balaban J connectivity index is 1.32. The van der Waals surface area contributed by atoms with Crippen LogP contribution in [-0.4, -0.2) is 44.8 Å². The van der Waals surface area contributed by atoms with Gasteiger partial charge in [-0.1, -0.05) is 35.3 Å². The van der Waals surface area contributed by atoms with E-state index in [1.54, 1.807) is 54.0 Å². The number of imidazole rings is 1. The van der Waals surface area contributed by atoms with Gasteiger partial charge in [0.25, 0.3) is 11.8 Å². The van der Waals surface area contributed by atoms with E-state index < -0.39 is 17.0 Å². The number of amides is 4. The molecule has 2 saturated carbocycles. The monoisotopic (exact) mass is 633 g/mol. The number of nitrogens with one attached hydrogen (secondary N) is 2. The molecule has 0 radical (unpaired) electrons. The topological polar surface area (TPSA) is 163 Å². The summed E-state index contributed by atoms with van der Waals surface area (Å²) in [6, 6.07) is 13.5. The summed E-state index contributed by atoms with van der Waals surface area (Å²) in [5.74, 6) is -1.67. The first kappa shape index (κ1) is 29.7. The molecule has 3 atom stereocenters. The predicted octanol–water partition coefficient (Wildman–Crippen LogP) is 3.73. The summed E-state index contributed by atoms with van der Waals surface area (Å²) in [6.07, 6.45) is 4.19. The van der Waals surface area contributed by atoms with Gasteiger partial charge >= 0.3 is 0 Å². The van der Waals surface area contributed by atoms with Crippen LogP contribution in [0.5, 0.6) is 0 Å². The highest BCUT2D eigenvalue weighted by molar-refractivity contribution is 6.35. The summed E-state index contributed by atoms with van der Waals surface area (Å²) in [6.45, 7) is 1.72. The fraction of sp³-hybridized carbons (Fsp3) is 0.355. The van der Waals surface area contributed by atoms with Crippen molar-refractivity contribution in [3.8, 4) is 6.07 Å². The number of nitrogens with zero attached hydrogens (tertiary/aromatic N) is 4. The molecule has 11 nitrogen and oxygen atoms in total. The molecule has 2 heterocycles. The van der Waals surface area contributed by atoms with Crippen LogP contribution in [0.3, 0.4) is 0 Å². The van der Waals surface area contributed by atoms with Gasteiger partial charge in [-0.25, -0.2) is 9.88 Å². The summed E-state index contributed by atoms with van der Waals surface area (Å²) in [5, 5.41) is 15.7. The van der Waals surface area contributed by atoms with E-state index in [4.69, 9.17) is 28.9 Å². The van der Waals surface area contributed by atoms with Crippen molar-refractivity contribution in [1.29, 1.82) is 5.26 Å². The second-order valence-corrected chi connectivity index (χ2v) is 12.8. The Bertz CT molecular complexity index is 1720. The number of rotatable bonds is 8. The minimum atomic E-state index is -1.31. The highest BCUT2D eigenvalue weighted by Crippen LogP contribution is 2.44. The third kappa shape index (κ3) is 5.18. The first-order valence-electron chi connectivity index (χ1n) is 14.2. The van der Waals surface area contributed by atoms with Crippen LogP contribution in [0.4, 0.5) is 11.6 Å². The van der Waals surface area contributed by atoms with Gasteiger partial charge in [0.15, 0.2) is 0 Å². The maximum absolute atomic E-state index is 14.2. The SMILES string of the molecule is C[C@@]1(Cc2ccc(C#N)cc2)C(=O)N(c2cc(Cl)cc(Cl)c2)c2ncc(C(=O)NC3(C(=O)N[C@@H]4CC[C@H](C(N)=O)C4)CC3)n21. The van der Waals surface area contributed by atoms with E-state index in [9.17, 15) is 24.4 Å². The highest BCUT2D eigenvalue weighted by atomic mass is 35.5. The zero-order valence-corrected chi connectivity index (χ0v) is 25.3. The van der Waals surface area contributed by atoms with Gasteiger partial charge in [0, 0.05) is 28.4 Å². The van der Waals surface area contributed by atoms with E-state index in [2.05, 4.69) is 21.7 Å². The molecule has 3 aromatic rings. The maximum Gasteiger partial charge on any atom is 0.270 e. The van der Waals surface area contributed by atoms with Crippen molar-refractivity contribution < 1.29 is 19.2 Å². The minimum Gasteiger partial charge on any atom is -0.369 e. The number of nitrogens with two attached hydrogens (primary N) is 1. The van der Waals surface area contributed by atoms with Crippen LogP contribution >= 0.6 is 23.2 Å². The Kier molecular flexibility index (Phi) is 7.38. The molecular formula is C31H29Cl2N7O4. The molecule has 1 aliphatic heterocycles. The van der Waals surface area contributed by atoms with E-state index in [-0.39, 0.29) is 47.7 Å². The quantitative estimate of drug-likeness (QED) is 0.342. The third-order valence-corrected chi connectivity index (χ3v) is 9.21. The lowest BCUT2D eigenvalue weighted by molar-refractivity contribution is -0.125. The number of nitriles is 1. The van der Waals surface area contributed by atoms with Gasteiger partial charge in [-0.3, -0.25) is 23.7 Å². The number of primary amides is 1. The molecule has 6 rings (SSSR count). The van der Waals surface area contributed by atoms with Gasteiger partial charge in [0.1, 0.15) is 16.8 Å². The molecule has 44 heavy (non-hydrogen) atoms. The summed E-state index contributed by atoms with van der Waals surface area (Å²) in [5.41, 5.74) is 4.76. The molecule has 2 aromatic carbocycles. The van der Waals surface area contributed by atoms with Crippen molar-refractivity contribution in [2.75, 3.05) is 4.90 Å². The van der Waals surface area contributed by atoms with Gasteiger partial charge in [-0.2, -0.15) is 5.26 Å². The van der Waals surface area contributed by atoms with Gasteiger partial charge < -0.3 is 16.4 Å². The summed E-state index contributed by atoms with van der Waals surface area (Å²) >= 11 is 12.6. The smallest absolute Gasteiger partial charge is 0.270 e. The van der Waals surface area contributed by atoms with Crippen LogP contribution in [0.15, 0.2) is 48.7 Å². The van der Waals surface area contributed by atoms with Crippen LogP contribution in [0.25, 0.3) is 0 Å². The second-order valence-electron chi connectivity index (χ2n) is 11.9. The molecule has 13 heteroatoms. The largest absolute Gasteiger partial charge is 0.369 e. The van der Waals surface area contributed by atoms with Crippen LogP contribution in [0.1, 0.15) is 60.6 Å². The average Bonchev–Trinajstić information content (AvgIpc) is 3.30. The van der Waals surface area contributed by atoms with E-state index >= 15 is 0 Å². The van der Waals surface area contributed by atoms with E-state index in [0.717, 1.165) is 5.56 Å². The number of hydrogen-bond donors (Lipinski definition) is 3. The lowest BCUT2D eigenvalue weighted by Gasteiger charge is -2.27. The number of halogens is 2. The van der Waals surface area contributed by atoms with Crippen LogP contribution in [0, 0.1) is 17.2 Å². The number of carbonyl (C=O) groups excluding carboxylic acids is 4. The van der Waals surface area contributed by atoms with Gasteiger partial charge in [0.05, 0.1) is 23.5 Å². The van der Waals surface area contributed by atoms with Crippen molar-refractivity contribution >= 4 is 58.5 Å². The summed E-state index contributed by atoms with van der Waals surface area (Å²) in [4.78, 5) is 58.8. The predicted molar refractivity (Wildman–Crippen MR) is 162 cm³/mol. The standard InChI is InChI=1S/C31H29Cl2N7O4/c1-30(14-17-2-4-18(15-34)5-3-17)28(44)39(23-12-20(32)11-21(33)13-23)29-36-16-24(40(29)30)26(42)38-31(8-9-31)27(43)37-22-7-6-19(10-22)25(35)41/h2-5,11-13,16,19,22H,6-10,14H2,1H3,(H2,35,41)(H,37,43)(H,38,42)/t19-,22+,30+/m0/s1. The normalized spacial score (nSPS) is 23.1. The maximum atomic E-state index is 14.2. The first-order valence-corrected chi connectivity index (χ1v) is 15.0. The Morgan fingerprint density at radius 2 is 1.80 bits per heavy atom. The molecule has 226 valence electrons. The van der Waals surface area contributed by atoms with E-state index in [1.807, 2.05) is 0 Å². The molecule has 2 aliphatic carbocycles. The summed E-state index contributed by atoms with van der Waals surface area (Å²) in [7, 11) is 0. The number of aromatic nitrogens is 2. The number of benzene rings is 2. The Labute approximate surface area is 263 Å². The molecule has 0 saturated heterocycles. The van der Waals surface area contributed by atoms with Crippen molar-refractivity contribution in [1.82, 2.24) is 20.2 Å². The molecule has 1 aromatic heterocycles. The fourth-order valence-corrected chi connectivity index (χ4v) is 6.75. The Morgan fingerprint density at radius 3 is 2.39 bits per heavy atom. The van der Waals surface area contributed by atoms with Crippen LogP contribution < -0.4 is 21.3 Å². The van der Waals surface area contributed by atoms with Crippen molar-refractivity contribution in [3.05, 3.63) is 75.5 Å². The van der Waals surface area contributed by atoms with Crippen molar-refractivity contribution in [2.24, 2.45) is 11.7 Å². The number of fused-ring (bicyclic) bond motifs is 1. The highest BCUT2D eigenvalue weighted by Gasteiger charge is 2.54. The molecule has 0 bridgehead atoms. The number of carbonyl (C=O) groups is 4. The molecule has 2 fully saturated rings. The third-order valence-electron chi connectivity index (χ3n) is 8.78. The molecular weight excluding hydrogens is 605 g/mol. The van der Waals surface area contributed by atoms with E-state index in [1.165, 1.54) is 11.1 Å². The second kappa shape index (κ2) is 10.9. The molecule has 0 unspecified atom stereocenters. The Hall–Kier alpha value is -4.40. The number of hydrogen-bond acceptors (Lipinski definition) is 6. The van der Waals surface area contributed by atoms with E-state index in [0.29, 0.717) is 53.4 Å². The molecule has 4 amide bonds. The zero-order valence-electron chi connectivity index (χ0n) is 23.8. The minimum absolute atomic E-state index is 0.105. The van der Waals surface area contributed by atoms with Gasteiger partial charge in [-0.15, -0.1) is 0 Å². The molecule has 0 spiro atoms. The zero-order chi connectivity index (χ0) is 31.4. The lowest BCUT2D eigenvalue weighted by atomic mass is 9.91. The summed E-state index contributed by atoms with van der Waals surface area (Å²) < 4.78 is 1.58. The Morgan fingerprint density at radius 1 is 1.11 bits per heavy atom. The van der Waals surface area contributed by atoms with Crippen LogP contribution in [-0.2, 0) is 26.3 Å².